The molecule has 378 valence electrons. The Labute approximate surface area is 421 Å². The molecule has 6 N–H and O–H groups in total. The summed E-state index contributed by atoms with van der Waals surface area (Å²) in [5.41, 5.74) is 0.604. The van der Waals surface area contributed by atoms with Gasteiger partial charge in [-0.05, 0) is 98.9 Å². The molecule has 0 radical (unpaired) electrons. The van der Waals surface area contributed by atoms with E-state index >= 15 is 0 Å². The first kappa shape index (κ1) is 54.3. The van der Waals surface area contributed by atoms with Crippen LogP contribution in [-0.2, 0) is 38.2 Å². The summed E-state index contributed by atoms with van der Waals surface area (Å²) in [5, 5.41) is 17.6. The smallest absolute Gasteiger partial charge is 0.246 e. The number of nitrogens with zero attached hydrogens (tertiary/aromatic N) is 2. The molecule has 0 bridgehead atoms. The molecule has 4 heterocycles. The molecule has 16 nitrogen and oxygen atoms in total. The van der Waals surface area contributed by atoms with Crippen molar-refractivity contribution >= 4 is 59.0 Å². The van der Waals surface area contributed by atoms with Crippen LogP contribution in [0.3, 0.4) is 0 Å². The Balaban J connectivity index is 1.04. The molecule has 0 saturated carbocycles. The number of fused-ring (bicyclic) bond motifs is 2. The van der Waals surface area contributed by atoms with Gasteiger partial charge in [-0.3, -0.25) is 28.8 Å². The Morgan fingerprint density at radius 2 is 1.01 bits per heavy atom. The van der Waals surface area contributed by atoms with Gasteiger partial charge in [0, 0.05) is 0 Å². The predicted octanol–water partition coefficient (Wildman–Crippen LogP) is 3.11. The largest absolute Gasteiger partial charge is 0.366 e. The summed E-state index contributed by atoms with van der Waals surface area (Å²) in [6.45, 7) is 11.8. The molecule has 0 aliphatic carbocycles. The molecule has 4 fully saturated rings. The van der Waals surface area contributed by atoms with Crippen molar-refractivity contribution in [1.29, 1.82) is 0 Å². The molecule has 6 amide bonds. The van der Waals surface area contributed by atoms with Crippen LogP contribution in [0, 0.1) is 34.5 Å². The van der Waals surface area contributed by atoms with Gasteiger partial charge in [-0.2, -0.15) is 0 Å². The van der Waals surface area contributed by atoms with Crippen molar-refractivity contribution in [3.05, 3.63) is 71.8 Å². The summed E-state index contributed by atoms with van der Waals surface area (Å²) < 4.78 is 12.0. The number of carbonyl (C=O) groups is 6. The molecule has 2 unspecified atom stereocenters. The number of carbonyl (C=O) groups excluding carboxylic acids is 6. The van der Waals surface area contributed by atoms with Gasteiger partial charge in [0.2, 0.25) is 35.4 Å². The van der Waals surface area contributed by atoms with E-state index in [0.29, 0.717) is 37.2 Å². The van der Waals surface area contributed by atoms with Crippen LogP contribution in [0.5, 0.6) is 0 Å². The van der Waals surface area contributed by atoms with Crippen LogP contribution in [0.1, 0.15) is 90.4 Å². The average Bonchev–Trinajstić information content (AvgIpc) is 3.66. The monoisotopic (exact) mass is 998 g/mol. The second kappa shape index (κ2) is 24.8. The zero-order valence-corrected chi connectivity index (χ0v) is 43.2. The second-order valence-electron chi connectivity index (χ2n) is 19.6. The number of thioether (sulfide) groups is 2. The van der Waals surface area contributed by atoms with Crippen LogP contribution in [0.2, 0.25) is 0 Å². The third-order valence-corrected chi connectivity index (χ3v) is 16.1. The van der Waals surface area contributed by atoms with E-state index in [4.69, 9.17) is 9.47 Å². The Bertz CT molecular complexity index is 2140. The first-order valence-corrected chi connectivity index (χ1v) is 26.2. The fraction of sp³-hybridized carbons (Fsp3) is 0.577. The minimum atomic E-state index is -0.766. The van der Waals surface area contributed by atoms with Crippen LogP contribution in [0.4, 0.5) is 0 Å². The van der Waals surface area contributed by atoms with E-state index in [-0.39, 0.29) is 72.6 Å². The van der Waals surface area contributed by atoms with Gasteiger partial charge >= 0.3 is 0 Å². The molecular formula is C52H70N8O8S2. The fourth-order valence-corrected chi connectivity index (χ4v) is 12.6. The van der Waals surface area contributed by atoms with Crippen molar-refractivity contribution in [2.75, 3.05) is 52.0 Å². The maximum Gasteiger partial charge on any atom is 0.246 e. The van der Waals surface area contributed by atoms with E-state index in [1.807, 2.05) is 88.4 Å². The molecule has 18 heteroatoms. The number of rotatable bonds is 18. The molecule has 0 spiro atoms. The maximum absolute atomic E-state index is 14.3. The van der Waals surface area contributed by atoms with Crippen molar-refractivity contribution in [1.82, 2.24) is 41.7 Å². The van der Waals surface area contributed by atoms with E-state index in [2.05, 4.69) is 55.6 Å². The van der Waals surface area contributed by atoms with E-state index in [1.54, 1.807) is 61.3 Å². The number of nitrogens with one attached hydrogen (secondary N) is 6. The van der Waals surface area contributed by atoms with Crippen LogP contribution < -0.4 is 31.9 Å². The quantitative estimate of drug-likeness (QED) is 0.0945. The zero-order valence-electron chi connectivity index (χ0n) is 41.6. The van der Waals surface area contributed by atoms with Gasteiger partial charge in [-0.1, -0.05) is 100 Å². The third-order valence-electron chi connectivity index (χ3n) is 13.6. The van der Waals surface area contributed by atoms with Gasteiger partial charge in [-0.25, -0.2) is 0 Å². The molecule has 6 rings (SSSR count). The highest BCUT2D eigenvalue weighted by atomic mass is 32.2. The molecule has 4 aliphatic heterocycles. The highest BCUT2D eigenvalue weighted by molar-refractivity contribution is 8.00. The van der Waals surface area contributed by atoms with E-state index < -0.39 is 59.2 Å². The lowest BCUT2D eigenvalue weighted by Gasteiger charge is -2.35. The highest BCUT2D eigenvalue weighted by Crippen LogP contribution is 2.48. The molecule has 2 aromatic rings. The lowest BCUT2D eigenvalue weighted by atomic mass is 9.83. The van der Waals surface area contributed by atoms with Gasteiger partial charge in [0.05, 0.1) is 48.1 Å². The van der Waals surface area contributed by atoms with Crippen LogP contribution in [0.25, 0.3) is 0 Å². The highest BCUT2D eigenvalue weighted by Gasteiger charge is 2.56. The molecule has 70 heavy (non-hydrogen) atoms. The summed E-state index contributed by atoms with van der Waals surface area (Å²) in [4.78, 5) is 85.8. The van der Waals surface area contributed by atoms with Crippen LogP contribution in [-0.4, -0.2) is 144 Å². The topological polar surface area (TPSA) is 200 Å². The van der Waals surface area contributed by atoms with Crippen molar-refractivity contribution in [2.24, 2.45) is 10.8 Å². The summed E-state index contributed by atoms with van der Waals surface area (Å²) in [7, 11) is 3.38. The van der Waals surface area contributed by atoms with Gasteiger partial charge in [0.15, 0.2) is 0 Å². The molecule has 2 aromatic carbocycles. The number of benzene rings is 2. The normalized spacial score (nSPS) is 25.1. The minimum Gasteiger partial charge on any atom is -0.366 e. The van der Waals surface area contributed by atoms with E-state index in [1.165, 1.54) is 0 Å². The maximum atomic E-state index is 14.3. The molecule has 4 saturated heterocycles. The molecule has 0 aromatic heterocycles. The summed E-state index contributed by atoms with van der Waals surface area (Å²) in [6, 6.07) is 14.0. The standard InChI is InChI=1S/C52H70N8O8S2/c1-33(53-7)45(61)55-37-23-27-69-41-29-51(3,4)43(59(41)49(37)65)47(63)57-39(35-19-13-11-14-20-35)31-67-25-17-9-10-18-26-68-32-40(36-21-15-12-16-22-36)58-48(64)44-52(5,6)30-42-60(44)50(66)38(24-28-70-42)56-46(62)34(2)54-8/h11-16,19-22,33-34,37-44,53-54H,23-32H2,1-8H3,(H,55,61)(H,56,62)(H,57,63)(H,58,64)/t33-,34+,37-,38+,39+,40-,41?,42?,43+,44-. The fourth-order valence-electron chi connectivity index (χ4n) is 9.49. The average molecular weight is 999 g/mol. The zero-order chi connectivity index (χ0) is 50.6. The second-order valence-corrected chi connectivity index (χ2v) is 22.2. The number of hydrogen-bond donors (Lipinski definition) is 6. The predicted molar refractivity (Wildman–Crippen MR) is 273 cm³/mol. The van der Waals surface area contributed by atoms with Gasteiger partial charge < -0.3 is 51.2 Å². The minimum absolute atomic E-state index is 0.0418. The Morgan fingerprint density at radius 3 is 1.37 bits per heavy atom. The SMILES string of the molecule is CN[C@@H](C)C(=O)N[C@H]1CCSC2CC(C)(C)[C@@H](C(=O)N[C@H](COCC#CC#CCOC[C@H](NC(=O)[C@@H]3N4C(=O)[C@H](NC(=O)[C@@H](C)NC)CCSC4CC3(C)C)c3ccccc3)c3ccccc3)N2C1=O. The first-order valence-electron chi connectivity index (χ1n) is 24.1. The number of hydrogen-bond acceptors (Lipinski definition) is 12. The molecular weight excluding hydrogens is 929 g/mol. The van der Waals surface area contributed by atoms with Gasteiger partial charge in [0.25, 0.3) is 0 Å². The van der Waals surface area contributed by atoms with Crippen molar-refractivity contribution in [3.8, 4) is 23.7 Å². The summed E-state index contributed by atoms with van der Waals surface area (Å²) in [5.74, 6) is 11.2. The number of ether oxygens (including phenoxy) is 2. The summed E-state index contributed by atoms with van der Waals surface area (Å²) >= 11 is 3.29. The van der Waals surface area contributed by atoms with Crippen molar-refractivity contribution < 1.29 is 38.2 Å². The Morgan fingerprint density at radius 1 is 0.643 bits per heavy atom. The van der Waals surface area contributed by atoms with Gasteiger partial charge in [-0.15, -0.1) is 23.5 Å². The third kappa shape index (κ3) is 13.5. The summed E-state index contributed by atoms with van der Waals surface area (Å²) in [6.07, 6.45) is 2.23. The lowest BCUT2D eigenvalue weighted by molar-refractivity contribution is -0.144. The van der Waals surface area contributed by atoms with Gasteiger partial charge in [0.1, 0.15) is 37.4 Å². The van der Waals surface area contributed by atoms with Crippen LogP contribution >= 0.6 is 23.5 Å². The first-order chi connectivity index (χ1) is 33.5. The van der Waals surface area contributed by atoms with Crippen molar-refractivity contribution in [2.45, 2.75) is 126 Å². The van der Waals surface area contributed by atoms with E-state index in [0.717, 1.165) is 11.1 Å². The van der Waals surface area contributed by atoms with Crippen LogP contribution in [0.15, 0.2) is 60.7 Å². The van der Waals surface area contributed by atoms with E-state index in [9.17, 15) is 28.8 Å². The molecule has 10 atom stereocenters. The Kier molecular flexibility index (Phi) is 19.3. The number of amides is 6. The Hall–Kier alpha value is -5.08. The van der Waals surface area contributed by atoms with Crippen molar-refractivity contribution in [3.63, 3.8) is 0 Å². The molecule has 4 aliphatic rings. The number of likely N-dealkylation sites (N-methyl/N-ethyl adjacent to an activating group) is 2. The lowest BCUT2D eigenvalue weighted by Crippen LogP contribution is -2.58.